The van der Waals surface area contributed by atoms with Gasteiger partial charge >= 0.3 is 0 Å². The summed E-state index contributed by atoms with van der Waals surface area (Å²) in [6.07, 6.45) is 0. The van der Waals surface area contributed by atoms with Crippen molar-refractivity contribution in [1.82, 2.24) is 0 Å². The summed E-state index contributed by atoms with van der Waals surface area (Å²) < 4.78 is 11.7. The highest BCUT2D eigenvalue weighted by molar-refractivity contribution is 6.30. The SMILES string of the molecule is Cc1ccc2oc(-c3ccc(Cl)cc3)c(OCC(=O)Nc3ccccc3)c(=O)c2c1. The van der Waals surface area contributed by atoms with Crippen molar-refractivity contribution in [1.29, 1.82) is 0 Å². The molecule has 0 aliphatic carbocycles. The van der Waals surface area contributed by atoms with Gasteiger partial charge in [-0.3, -0.25) is 9.59 Å². The second-order valence-electron chi connectivity index (χ2n) is 6.80. The molecule has 0 unspecified atom stereocenters. The van der Waals surface area contributed by atoms with Crippen molar-refractivity contribution in [3.8, 4) is 17.1 Å². The van der Waals surface area contributed by atoms with E-state index in [1.165, 1.54) is 0 Å². The Balaban J connectivity index is 1.71. The molecular weight excluding hydrogens is 402 g/mol. The number of carbonyl (C=O) groups excluding carboxylic acids is 1. The van der Waals surface area contributed by atoms with Crippen molar-refractivity contribution in [3.05, 3.63) is 93.6 Å². The predicted molar refractivity (Wildman–Crippen MR) is 118 cm³/mol. The normalized spacial score (nSPS) is 10.7. The number of para-hydroxylation sites is 1. The molecule has 0 saturated carbocycles. The van der Waals surface area contributed by atoms with Gasteiger partial charge in [0.1, 0.15) is 5.58 Å². The molecule has 4 rings (SSSR count). The van der Waals surface area contributed by atoms with E-state index in [0.717, 1.165) is 5.56 Å². The lowest BCUT2D eigenvalue weighted by Crippen LogP contribution is -2.22. The van der Waals surface area contributed by atoms with E-state index in [0.29, 0.717) is 27.2 Å². The Labute approximate surface area is 177 Å². The minimum Gasteiger partial charge on any atom is -0.476 e. The maximum absolute atomic E-state index is 13.2. The number of rotatable bonds is 5. The zero-order valence-corrected chi connectivity index (χ0v) is 16.9. The monoisotopic (exact) mass is 419 g/mol. The van der Waals surface area contributed by atoms with Crippen molar-refractivity contribution < 1.29 is 13.9 Å². The number of anilines is 1. The topological polar surface area (TPSA) is 68.5 Å². The zero-order chi connectivity index (χ0) is 21.1. The van der Waals surface area contributed by atoms with Gasteiger partial charge in [-0.1, -0.05) is 41.4 Å². The van der Waals surface area contributed by atoms with Crippen molar-refractivity contribution in [2.45, 2.75) is 6.92 Å². The molecule has 1 aromatic heterocycles. The Hall–Kier alpha value is -3.57. The first-order valence-electron chi connectivity index (χ1n) is 9.32. The van der Waals surface area contributed by atoms with Gasteiger partial charge in [0, 0.05) is 16.3 Å². The molecule has 1 N–H and O–H groups in total. The first kappa shape index (κ1) is 19.7. The van der Waals surface area contributed by atoms with E-state index in [1.807, 2.05) is 31.2 Å². The lowest BCUT2D eigenvalue weighted by molar-refractivity contribution is -0.118. The molecule has 1 heterocycles. The lowest BCUT2D eigenvalue weighted by Gasteiger charge is -2.12. The maximum atomic E-state index is 13.2. The number of ether oxygens (including phenoxy) is 1. The molecule has 5 nitrogen and oxygen atoms in total. The minimum absolute atomic E-state index is 0.0152. The molecule has 4 aromatic rings. The number of halogens is 1. The molecule has 0 bridgehead atoms. The Morgan fingerprint density at radius 1 is 1.03 bits per heavy atom. The van der Waals surface area contributed by atoms with E-state index in [4.69, 9.17) is 20.8 Å². The fourth-order valence-corrected chi connectivity index (χ4v) is 3.20. The molecule has 30 heavy (non-hydrogen) atoms. The highest BCUT2D eigenvalue weighted by atomic mass is 35.5. The quantitative estimate of drug-likeness (QED) is 0.467. The molecule has 0 atom stereocenters. The van der Waals surface area contributed by atoms with E-state index in [1.54, 1.807) is 48.5 Å². The Kier molecular flexibility index (Phi) is 5.55. The van der Waals surface area contributed by atoms with E-state index >= 15 is 0 Å². The van der Waals surface area contributed by atoms with Crippen molar-refractivity contribution in [3.63, 3.8) is 0 Å². The van der Waals surface area contributed by atoms with Gasteiger partial charge in [-0.2, -0.15) is 0 Å². The van der Waals surface area contributed by atoms with E-state index in [2.05, 4.69) is 5.32 Å². The largest absolute Gasteiger partial charge is 0.476 e. The average Bonchev–Trinajstić information content (AvgIpc) is 2.75. The number of aryl methyl sites for hydroxylation is 1. The molecule has 0 radical (unpaired) electrons. The number of hydrogen-bond donors (Lipinski definition) is 1. The molecule has 6 heteroatoms. The van der Waals surface area contributed by atoms with Crippen LogP contribution in [-0.2, 0) is 4.79 Å². The standard InChI is InChI=1S/C24H18ClNO4/c1-15-7-12-20-19(13-15)22(28)24(23(30-20)16-8-10-17(25)11-9-16)29-14-21(27)26-18-5-3-2-4-6-18/h2-13H,14H2,1H3,(H,26,27). The van der Waals surface area contributed by atoms with Crippen LogP contribution in [0.2, 0.25) is 5.02 Å². The predicted octanol–water partition coefficient (Wildman–Crippen LogP) is 5.44. The molecule has 0 saturated heterocycles. The number of carbonyl (C=O) groups is 1. The fraction of sp³-hybridized carbons (Fsp3) is 0.0833. The Morgan fingerprint density at radius 3 is 2.50 bits per heavy atom. The van der Waals surface area contributed by atoms with Crippen LogP contribution < -0.4 is 15.5 Å². The summed E-state index contributed by atoms with van der Waals surface area (Å²) >= 11 is 5.99. The molecule has 0 spiro atoms. The average molecular weight is 420 g/mol. The van der Waals surface area contributed by atoms with Gasteiger partial charge in [-0.25, -0.2) is 0 Å². The number of nitrogens with one attached hydrogen (secondary N) is 1. The number of benzene rings is 3. The molecular formula is C24H18ClNO4. The van der Waals surface area contributed by atoms with Gasteiger partial charge in [-0.15, -0.1) is 0 Å². The smallest absolute Gasteiger partial charge is 0.262 e. The van der Waals surface area contributed by atoms with Gasteiger partial charge < -0.3 is 14.5 Å². The second kappa shape index (κ2) is 8.43. The summed E-state index contributed by atoms with van der Waals surface area (Å²) in [4.78, 5) is 25.5. The number of fused-ring (bicyclic) bond motifs is 1. The Bertz CT molecular complexity index is 1260. The van der Waals surface area contributed by atoms with Gasteiger partial charge in [0.15, 0.2) is 12.4 Å². The van der Waals surface area contributed by atoms with Gasteiger partial charge in [0.25, 0.3) is 5.91 Å². The lowest BCUT2D eigenvalue weighted by atomic mass is 10.1. The molecule has 0 aliphatic heterocycles. The summed E-state index contributed by atoms with van der Waals surface area (Å²) in [5, 5.41) is 3.68. The van der Waals surface area contributed by atoms with Crippen LogP contribution in [0, 0.1) is 6.92 Å². The first-order chi connectivity index (χ1) is 14.5. The van der Waals surface area contributed by atoms with Gasteiger partial charge in [0.2, 0.25) is 11.2 Å². The van der Waals surface area contributed by atoms with Crippen LogP contribution in [0.3, 0.4) is 0 Å². The second-order valence-corrected chi connectivity index (χ2v) is 7.24. The van der Waals surface area contributed by atoms with Crippen LogP contribution in [0.5, 0.6) is 5.75 Å². The van der Waals surface area contributed by atoms with Crippen molar-refractivity contribution in [2.75, 3.05) is 11.9 Å². The van der Waals surface area contributed by atoms with Crippen LogP contribution in [-0.4, -0.2) is 12.5 Å². The molecule has 150 valence electrons. The summed E-state index contributed by atoms with van der Waals surface area (Å²) in [6, 6.07) is 21.2. The summed E-state index contributed by atoms with van der Waals surface area (Å²) in [5.74, 6) is -0.147. The third-order valence-electron chi connectivity index (χ3n) is 4.52. The Morgan fingerprint density at radius 2 is 1.77 bits per heavy atom. The maximum Gasteiger partial charge on any atom is 0.262 e. The molecule has 0 fully saturated rings. The van der Waals surface area contributed by atoms with E-state index in [-0.39, 0.29) is 29.5 Å². The fourth-order valence-electron chi connectivity index (χ4n) is 3.07. The molecule has 1 amide bonds. The van der Waals surface area contributed by atoms with Crippen LogP contribution in [0.1, 0.15) is 5.56 Å². The van der Waals surface area contributed by atoms with Crippen molar-refractivity contribution in [2.24, 2.45) is 0 Å². The highest BCUT2D eigenvalue weighted by Gasteiger charge is 2.19. The molecule has 3 aromatic carbocycles. The summed E-state index contributed by atoms with van der Waals surface area (Å²) in [5.41, 5.74) is 2.29. The number of amides is 1. The van der Waals surface area contributed by atoms with E-state index in [9.17, 15) is 9.59 Å². The number of hydrogen-bond acceptors (Lipinski definition) is 4. The highest BCUT2D eigenvalue weighted by Crippen LogP contribution is 2.32. The van der Waals surface area contributed by atoms with Crippen LogP contribution in [0.15, 0.2) is 82.0 Å². The van der Waals surface area contributed by atoms with E-state index < -0.39 is 0 Å². The minimum atomic E-state index is -0.382. The molecule has 0 aliphatic rings. The summed E-state index contributed by atoms with van der Waals surface area (Å²) in [7, 11) is 0. The van der Waals surface area contributed by atoms with Crippen LogP contribution >= 0.6 is 11.6 Å². The van der Waals surface area contributed by atoms with Crippen LogP contribution in [0.25, 0.3) is 22.3 Å². The summed E-state index contributed by atoms with van der Waals surface area (Å²) in [6.45, 7) is 1.55. The van der Waals surface area contributed by atoms with Gasteiger partial charge in [0.05, 0.1) is 5.39 Å². The van der Waals surface area contributed by atoms with Crippen LogP contribution in [0.4, 0.5) is 5.69 Å². The van der Waals surface area contributed by atoms with Crippen molar-refractivity contribution >= 4 is 34.2 Å². The zero-order valence-electron chi connectivity index (χ0n) is 16.1. The van der Waals surface area contributed by atoms with Gasteiger partial charge in [-0.05, 0) is 55.5 Å². The third-order valence-corrected chi connectivity index (χ3v) is 4.77. The third kappa shape index (κ3) is 4.21. The first-order valence-corrected chi connectivity index (χ1v) is 9.70.